The Morgan fingerprint density at radius 3 is 2.44 bits per heavy atom. The topological polar surface area (TPSA) is 15.3 Å². The lowest BCUT2D eigenvalue weighted by Gasteiger charge is -2.46. The van der Waals surface area contributed by atoms with E-state index in [1.807, 2.05) is 0 Å². The van der Waals surface area contributed by atoms with E-state index in [2.05, 4.69) is 56.1 Å². The fourth-order valence-corrected chi connectivity index (χ4v) is 2.98. The fourth-order valence-electron chi connectivity index (χ4n) is 2.98. The van der Waals surface area contributed by atoms with Gasteiger partial charge in [0.05, 0.1) is 16.9 Å². The van der Waals surface area contributed by atoms with Crippen LogP contribution in [0.1, 0.15) is 46.1 Å². The van der Waals surface area contributed by atoms with E-state index >= 15 is 0 Å². The van der Waals surface area contributed by atoms with Gasteiger partial charge in [-0.2, -0.15) is 0 Å². The van der Waals surface area contributed by atoms with Gasteiger partial charge < -0.3 is 10.2 Å². The van der Waals surface area contributed by atoms with Gasteiger partial charge in [0.25, 0.3) is 0 Å². The first-order valence-corrected chi connectivity index (χ1v) is 7.34. The molecule has 0 aromatic heterocycles. The lowest BCUT2D eigenvalue weighted by Crippen LogP contribution is -2.52. The molecule has 2 heteroatoms. The molecular formula is C16H26N2. The molecule has 0 fully saturated rings. The zero-order chi connectivity index (χ0) is 13.2. The highest BCUT2D eigenvalue weighted by Crippen LogP contribution is 2.39. The molecule has 0 aliphatic carbocycles. The van der Waals surface area contributed by atoms with Crippen molar-refractivity contribution in [2.75, 3.05) is 23.3 Å². The molecule has 100 valence electrons. The van der Waals surface area contributed by atoms with Crippen LogP contribution in [0, 0.1) is 0 Å². The van der Waals surface area contributed by atoms with Gasteiger partial charge in [0.15, 0.2) is 0 Å². The summed E-state index contributed by atoms with van der Waals surface area (Å²) in [6, 6.07) is 6.69. The van der Waals surface area contributed by atoms with E-state index in [0.717, 1.165) is 19.5 Å². The third kappa shape index (κ3) is 2.09. The number of nitrogens with zero attached hydrogens (tertiary/aromatic N) is 1. The minimum Gasteiger partial charge on any atom is -0.376 e. The summed E-state index contributed by atoms with van der Waals surface area (Å²) in [7, 11) is 0. The van der Waals surface area contributed by atoms with E-state index in [1.54, 1.807) is 0 Å². The Morgan fingerprint density at radius 1 is 1.17 bits per heavy atom. The molecule has 2 nitrogen and oxygen atoms in total. The Bertz CT molecular complexity index is 408. The van der Waals surface area contributed by atoms with Crippen molar-refractivity contribution in [2.24, 2.45) is 0 Å². The quantitative estimate of drug-likeness (QED) is 0.862. The summed E-state index contributed by atoms with van der Waals surface area (Å²) in [4.78, 5) is 2.53. The van der Waals surface area contributed by atoms with Gasteiger partial charge in [-0.3, -0.25) is 0 Å². The number of likely N-dealkylation sites (N-methyl/N-ethyl adjacent to an activating group) is 1. The van der Waals surface area contributed by atoms with Crippen molar-refractivity contribution >= 4 is 11.4 Å². The summed E-state index contributed by atoms with van der Waals surface area (Å²) in [6.07, 6.45) is 3.45. The van der Waals surface area contributed by atoms with Gasteiger partial charge >= 0.3 is 0 Å². The minimum atomic E-state index is 0.244. The largest absolute Gasteiger partial charge is 0.376 e. The first-order chi connectivity index (χ1) is 8.69. The standard InChI is InChI=1S/C16H26N2/c1-5-13-10-9-11-14-15(13)17-16(6-2,7-3)12-18(14)8-4/h9-11,17H,5-8,12H2,1-4H3. The molecule has 0 spiro atoms. The van der Waals surface area contributed by atoms with Gasteiger partial charge in [-0.05, 0) is 37.8 Å². The van der Waals surface area contributed by atoms with Gasteiger partial charge in [-0.15, -0.1) is 0 Å². The summed E-state index contributed by atoms with van der Waals surface area (Å²) in [5.74, 6) is 0. The molecule has 1 aliphatic heterocycles. The number of fused-ring (bicyclic) bond motifs is 1. The number of aryl methyl sites for hydroxylation is 1. The van der Waals surface area contributed by atoms with Crippen molar-refractivity contribution < 1.29 is 0 Å². The summed E-state index contributed by atoms with van der Waals surface area (Å²) >= 11 is 0. The lowest BCUT2D eigenvalue weighted by molar-refractivity contribution is 0.422. The number of hydrogen-bond acceptors (Lipinski definition) is 2. The first kappa shape index (κ1) is 13.3. The summed E-state index contributed by atoms with van der Waals surface area (Å²) in [6.45, 7) is 11.3. The average molecular weight is 246 g/mol. The monoisotopic (exact) mass is 246 g/mol. The molecule has 0 radical (unpaired) electrons. The van der Waals surface area contributed by atoms with Crippen LogP contribution in [0.2, 0.25) is 0 Å². The van der Waals surface area contributed by atoms with Crippen molar-refractivity contribution in [3.63, 3.8) is 0 Å². The van der Waals surface area contributed by atoms with Crippen LogP contribution in [-0.4, -0.2) is 18.6 Å². The molecule has 0 atom stereocenters. The van der Waals surface area contributed by atoms with Crippen molar-refractivity contribution in [3.8, 4) is 0 Å². The molecule has 0 amide bonds. The zero-order valence-corrected chi connectivity index (χ0v) is 12.2. The van der Waals surface area contributed by atoms with E-state index < -0.39 is 0 Å². The molecule has 0 unspecified atom stereocenters. The Kier molecular flexibility index (Phi) is 3.84. The molecule has 1 N–H and O–H groups in total. The van der Waals surface area contributed by atoms with Crippen LogP contribution in [-0.2, 0) is 6.42 Å². The van der Waals surface area contributed by atoms with Crippen LogP contribution in [0.5, 0.6) is 0 Å². The predicted molar refractivity (Wildman–Crippen MR) is 80.6 cm³/mol. The highest BCUT2D eigenvalue weighted by Gasteiger charge is 2.34. The van der Waals surface area contributed by atoms with Gasteiger partial charge in [-0.1, -0.05) is 32.9 Å². The van der Waals surface area contributed by atoms with E-state index in [4.69, 9.17) is 0 Å². The van der Waals surface area contributed by atoms with Crippen molar-refractivity contribution in [2.45, 2.75) is 52.5 Å². The van der Waals surface area contributed by atoms with Crippen LogP contribution >= 0.6 is 0 Å². The minimum absolute atomic E-state index is 0.244. The fraction of sp³-hybridized carbons (Fsp3) is 0.625. The van der Waals surface area contributed by atoms with E-state index in [-0.39, 0.29) is 5.54 Å². The van der Waals surface area contributed by atoms with Crippen LogP contribution in [0.25, 0.3) is 0 Å². The highest BCUT2D eigenvalue weighted by molar-refractivity contribution is 5.77. The Labute approximate surface area is 111 Å². The second-order valence-electron chi connectivity index (χ2n) is 5.29. The number of para-hydroxylation sites is 1. The van der Waals surface area contributed by atoms with Crippen LogP contribution in [0.4, 0.5) is 11.4 Å². The van der Waals surface area contributed by atoms with E-state index in [0.29, 0.717) is 0 Å². The van der Waals surface area contributed by atoms with Crippen molar-refractivity contribution in [3.05, 3.63) is 23.8 Å². The Morgan fingerprint density at radius 2 is 1.89 bits per heavy atom. The van der Waals surface area contributed by atoms with Gasteiger partial charge in [0, 0.05) is 13.1 Å². The van der Waals surface area contributed by atoms with Crippen molar-refractivity contribution in [1.82, 2.24) is 0 Å². The normalized spacial score (nSPS) is 17.2. The second kappa shape index (κ2) is 5.21. The van der Waals surface area contributed by atoms with Crippen LogP contribution < -0.4 is 10.2 Å². The average Bonchev–Trinajstić information content (AvgIpc) is 2.45. The number of rotatable bonds is 4. The highest BCUT2D eigenvalue weighted by atomic mass is 15.2. The summed E-state index contributed by atoms with van der Waals surface area (Å²) in [5, 5.41) is 3.85. The molecule has 0 saturated heterocycles. The maximum atomic E-state index is 3.85. The number of anilines is 2. The van der Waals surface area contributed by atoms with E-state index in [9.17, 15) is 0 Å². The van der Waals surface area contributed by atoms with Gasteiger partial charge in [-0.25, -0.2) is 0 Å². The van der Waals surface area contributed by atoms with Crippen molar-refractivity contribution in [1.29, 1.82) is 0 Å². The second-order valence-corrected chi connectivity index (χ2v) is 5.29. The SMILES string of the molecule is CCc1cccc2c1NC(CC)(CC)CN2CC. The molecule has 1 aromatic carbocycles. The molecular weight excluding hydrogens is 220 g/mol. The Balaban J connectivity index is 2.48. The number of hydrogen-bond donors (Lipinski definition) is 1. The predicted octanol–water partition coefficient (Wildman–Crippen LogP) is 4.06. The molecule has 1 aromatic rings. The third-order valence-corrected chi connectivity index (χ3v) is 4.47. The first-order valence-electron chi connectivity index (χ1n) is 7.34. The maximum absolute atomic E-state index is 3.85. The van der Waals surface area contributed by atoms with Crippen LogP contribution in [0.15, 0.2) is 18.2 Å². The van der Waals surface area contributed by atoms with E-state index in [1.165, 1.54) is 29.8 Å². The molecule has 0 bridgehead atoms. The Hall–Kier alpha value is -1.18. The van der Waals surface area contributed by atoms with Gasteiger partial charge in [0.2, 0.25) is 0 Å². The lowest BCUT2D eigenvalue weighted by atomic mass is 9.88. The smallest absolute Gasteiger partial charge is 0.0615 e. The summed E-state index contributed by atoms with van der Waals surface area (Å²) in [5.41, 5.74) is 4.44. The zero-order valence-electron chi connectivity index (χ0n) is 12.2. The molecule has 2 rings (SSSR count). The number of benzene rings is 1. The maximum Gasteiger partial charge on any atom is 0.0615 e. The number of nitrogens with one attached hydrogen (secondary N) is 1. The van der Waals surface area contributed by atoms with Crippen LogP contribution in [0.3, 0.4) is 0 Å². The summed E-state index contributed by atoms with van der Waals surface area (Å²) < 4.78 is 0. The molecule has 1 heterocycles. The molecule has 1 aliphatic rings. The third-order valence-electron chi connectivity index (χ3n) is 4.47. The van der Waals surface area contributed by atoms with Gasteiger partial charge in [0.1, 0.15) is 0 Å². The molecule has 0 saturated carbocycles. The molecule has 18 heavy (non-hydrogen) atoms.